The molecule has 0 spiro atoms. The standard InChI is InChI=1S/C14H18F2O/c1-8(2)6-9-7-10(9)13-11(15)4-5-12(16)14(13)17-3/h4-5,8-10H,6-7H2,1-3H3. The molecule has 1 nitrogen and oxygen atoms in total. The highest BCUT2D eigenvalue weighted by Gasteiger charge is 2.42. The third-order valence-corrected chi connectivity index (χ3v) is 3.37. The minimum absolute atomic E-state index is 0.0845. The monoisotopic (exact) mass is 240 g/mol. The molecule has 0 bridgehead atoms. The molecular formula is C14H18F2O. The van der Waals surface area contributed by atoms with E-state index >= 15 is 0 Å². The largest absolute Gasteiger partial charge is 0.493 e. The van der Waals surface area contributed by atoms with E-state index in [9.17, 15) is 8.78 Å². The molecule has 1 saturated carbocycles. The van der Waals surface area contributed by atoms with Crippen molar-refractivity contribution in [1.82, 2.24) is 0 Å². The Hall–Kier alpha value is -1.12. The lowest BCUT2D eigenvalue weighted by atomic mass is 10.0. The first kappa shape index (κ1) is 12.3. The van der Waals surface area contributed by atoms with Crippen LogP contribution in [0.2, 0.25) is 0 Å². The van der Waals surface area contributed by atoms with Crippen LogP contribution in [0.3, 0.4) is 0 Å². The second-order valence-corrected chi connectivity index (χ2v) is 5.21. The van der Waals surface area contributed by atoms with E-state index < -0.39 is 5.82 Å². The molecule has 2 rings (SSSR count). The van der Waals surface area contributed by atoms with Crippen molar-refractivity contribution in [1.29, 1.82) is 0 Å². The second-order valence-electron chi connectivity index (χ2n) is 5.21. The zero-order valence-corrected chi connectivity index (χ0v) is 10.5. The van der Waals surface area contributed by atoms with E-state index in [4.69, 9.17) is 4.74 Å². The average Bonchev–Trinajstić information content (AvgIpc) is 2.99. The van der Waals surface area contributed by atoms with Crippen molar-refractivity contribution in [2.24, 2.45) is 11.8 Å². The van der Waals surface area contributed by atoms with Crippen LogP contribution < -0.4 is 4.74 Å². The molecule has 1 aromatic carbocycles. The van der Waals surface area contributed by atoms with Gasteiger partial charge >= 0.3 is 0 Å². The predicted octanol–water partition coefficient (Wildman–Crippen LogP) is 4.12. The Morgan fingerprint density at radius 1 is 1.29 bits per heavy atom. The summed E-state index contributed by atoms with van der Waals surface area (Å²) in [5.74, 6) is 0.454. The minimum atomic E-state index is -0.473. The van der Waals surface area contributed by atoms with E-state index in [1.807, 2.05) is 0 Å². The number of rotatable bonds is 4. The van der Waals surface area contributed by atoms with Crippen molar-refractivity contribution in [2.75, 3.05) is 7.11 Å². The maximum atomic E-state index is 13.8. The van der Waals surface area contributed by atoms with Gasteiger partial charge in [0.05, 0.1) is 7.11 Å². The minimum Gasteiger partial charge on any atom is -0.493 e. The van der Waals surface area contributed by atoms with Crippen molar-refractivity contribution in [2.45, 2.75) is 32.6 Å². The molecule has 0 saturated heterocycles. The maximum absolute atomic E-state index is 13.8. The van der Waals surface area contributed by atoms with Gasteiger partial charge in [-0.3, -0.25) is 0 Å². The van der Waals surface area contributed by atoms with E-state index in [-0.39, 0.29) is 17.5 Å². The van der Waals surface area contributed by atoms with Gasteiger partial charge in [-0.25, -0.2) is 8.78 Å². The number of methoxy groups -OCH3 is 1. The van der Waals surface area contributed by atoms with Crippen LogP contribution in [-0.2, 0) is 0 Å². The van der Waals surface area contributed by atoms with Crippen LogP contribution >= 0.6 is 0 Å². The van der Waals surface area contributed by atoms with Gasteiger partial charge in [-0.2, -0.15) is 0 Å². The molecule has 0 amide bonds. The lowest BCUT2D eigenvalue weighted by molar-refractivity contribution is 0.374. The van der Waals surface area contributed by atoms with Crippen LogP contribution in [0.1, 0.15) is 38.2 Å². The van der Waals surface area contributed by atoms with Crippen LogP contribution in [-0.4, -0.2) is 7.11 Å². The molecule has 0 radical (unpaired) electrons. The number of ether oxygens (including phenoxy) is 1. The third kappa shape index (κ3) is 2.43. The van der Waals surface area contributed by atoms with Gasteiger partial charge in [0, 0.05) is 5.56 Å². The Bertz CT molecular complexity index is 415. The zero-order valence-electron chi connectivity index (χ0n) is 10.5. The fourth-order valence-corrected chi connectivity index (χ4v) is 2.57. The molecule has 0 aliphatic heterocycles. The summed E-state index contributed by atoms with van der Waals surface area (Å²) in [5, 5.41) is 0. The molecule has 3 heteroatoms. The highest BCUT2D eigenvalue weighted by Crippen LogP contribution is 2.54. The Morgan fingerprint density at radius 2 is 1.94 bits per heavy atom. The summed E-state index contributed by atoms with van der Waals surface area (Å²) < 4.78 is 32.3. The summed E-state index contributed by atoms with van der Waals surface area (Å²) in [5.41, 5.74) is 0.429. The van der Waals surface area contributed by atoms with Crippen LogP contribution in [0.25, 0.3) is 0 Å². The van der Waals surface area contributed by atoms with Gasteiger partial charge in [0.15, 0.2) is 11.6 Å². The molecule has 94 valence electrons. The predicted molar refractivity (Wildman–Crippen MR) is 63.2 cm³/mol. The van der Waals surface area contributed by atoms with Gasteiger partial charge in [0.2, 0.25) is 0 Å². The smallest absolute Gasteiger partial charge is 0.165 e. The van der Waals surface area contributed by atoms with E-state index in [0.717, 1.165) is 18.9 Å². The molecule has 0 N–H and O–H groups in total. The first-order valence-corrected chi connectivity index (χ1v) is 6.06. The fraction of sp³-hybridized carbons (Fsp3) is 0.571. The molecule has 1 aliphatic rings. The molecule has 0 aromatic heterocycles. The van der Waals surface area contributed by atoms with Crippen molar-refractivity contribution in [3.8, 4) is 5.75 Å². The molecule has 17 heavy (non-hydrogen) atoms. The molecule has 1 aromatic rings. The Balaban J connectivity index is 2.25. The van der Waals surface area contributed by atoms with Gasteiger partial charge in [0.1, 0.15) is 5.82 Å². The first-order chi connectivity index (χ1) is 8.04. The van der Waals surface area contributed by atoms with E-state index in [0.29, 0.717) is 17.4 Å². The van der Waals surface area contributed by atoms with Gasteiger partial charge in [-0.15, -0.1) is 0 Å². The molecule has 1 fully saturated rings. The SMILES string of the molecule is COc1c(F)ccc(F)c1C1CC1CC(C)C. The molecule has 0 heterocycles. The van der Waals surface area contributed by atoms with Gasteiger partial charge < -0.3 is 4.74 Å². The number of hydrogen-bond donors (Lipinski definition) is 0. The maximum Gasteiger partial charge on any atom is 0.165 e. The number of halogens is 2. The lowest BCUT2D eigenvalue weighted by Crippen LogP contribution is -1.99. The summed E-state index contributed by atoms with van der Waals surface area (Å²) in [6.45, 7) is 4.29. The number of hydrogen-bond acceptors (Lipinski definition) is 1. The third-order valence-electron chi connectivity index (χ3n) is 3.37. The summed E-state index contributed by atoms with van der Waals surface area (Å²) in [7, 11) is 1.39. The highest BCUT2D eigenvalue weighted by atomic mass is 19.1. The van der Waals surface area contributed by atoms with Gasteiger partial charge in [0.25, 0.3) is 0 Å². The summed E-state index contributed by atoms with van der Waals surface area (Å²) in [6.07, 6.45) is 2.00. The Kier molecular flexibility index (Phi) is 3.36. The summed E-state index contributed by atoms with van der Waals surface area (Å²) in [6, 6.07) is 2.31. The van der Waals surface area contributed by atoms with Crippen LogP contribution in [0.4, 0.5) is 8.78 Å². The average molecular weight is 240 g/mol. The van der Waals surface area contributed by atoms with Gasteiger partial charge in [-0.05, 0) is 42.7 Å². The van der Waals surface area contributed by atoms with Gasteiger partial charge in [-0.1, -0.05) is 13.8 Å². The topological polar surface area (TPSA) is 9.23 Å². The molecule has 1 aliphatic carbocycles. The van der Waals surface area contributed by atoms with Crippen molar-refractivity contribution < 1.29 is 13.5 Å². The molecule has 2 atom stereocenters. The van der Waals surface area contributed by atoms with Crippen molar-refractivity contribution in [3.63, 3.8) is 0 Å². The number of benzene rings is 1. The fourth-order valence-electron chi connectivity index (χ4n) is 2.57. The van der Waals surface area contributed by atoms with E-state index in [1.165, 1.54) is 13.2 Å². The normalized spacial score (nSPS) is 22.9. The van der Waals surface area contributed by atoms with Crippen molar-refractivity contribution in [3.05, 3.63) is 29.3 Å². The highest BCUT2D eigenvalue weighted by molar-refractivity contribution is 5.42. The van der Waals surface area contributed by atoms with Crippen molar-refractivity contribution >= 4 is 0 Å². The Morgan fingerprint density at radius 3 is 2.53 bits per heavy atom. The zero-order chi connectivity index (χ0) is 12.6. The van der Waals surface area contributed by atoms with Crippen LogP contribution in [0.15, 0.2) is 12.1 Å². The Labute approximate surface area is 101 Å². The van der Waals surface area contributed by atoms with E-state index in [2.05, 4.69) is 13.8 Å². The quantitative estimate of drug-likeness (QED) is 0.769. The molecule has 2 unspecified atom stereocenters. The lowest BCUT2D eigenvalue weighted by Gasteiger charge is -2.11. The van der Waals surface area contributed by atoms with E-state index in [1.54, 1.807) is 0 Å². The summed E-state index contributed by atoms with van der Waals surface area (Å²) >= 11 is 0. The second kappa shape index (κ2) is 4.63. The van der Waals surface area contributed by atoms with Crippen LogP contribution in [0, 0.1) is 23.5 Å². The van der Waals surface area contributed by atoms with Crippen LogP contribution in [0.5, 0.6) is 5.75 Å². The summed E-state index contributed by atoms with van der Waals surface area (Å²) in [4.78, 5) is 0. The molecular weight excluding hydrogens is 222 g/mol. The first-order valence-electron chi connectivity index (χ1n) is 6.06.